The quantitative estimate of drug-likeness (QED) is 0.0540. The van der Waals surface area contributed by atoms with Crippen molar-refractivity contribution in [3.05, 3.63) is 0 Å². The van der Waals surface area contributed by atoms with Gasteiger partial charge in [-0.3, -0.25) is 0 Å². The van der Waals surface area contributed by atoms with Crippen LogP contribution in [0.1, 0.15) is 206 Å². The number of aliphatic hydroxyl groups is 2. The van der Waals surface area contributed by atoms with Crippen LogP contribution in [0.15, 0.2) is 0 Å². The number of carboxylic acids is 2. The van der Waals surface area contributed by atoms with E-state index in [0.29, 0.717) is 0 Å². The van der Waals surface area contributed by atoms with E-state index in [2.05, 4.69) is 13.8 Å². The summed E-state index contributed by atoms with van der Waals surface area (Å²) >= 11 is 0. The summed E-state index contributed by atoms with van der Waals surface area (Å²) < 4.78 is 0. The van der Waals surface area contributed by atoms with Crippen LogP contribution in [0.4, 0.5) is 0 Å². The number of carbonyl (C=O) groups excluding carboxylic acids is 2. The molecule has 0 fully saturated rings. The summed E-state index contributed by atoms with van der Waals surface area (Å²) in [6.45, 7) is 4.42. The zero-order valence-corrected chi connectivity index (χ0v) is 32.6. The Morgan fingerprint density at radius 2 is 0.628 bits per heavy atom. The average Bonchev–Trinajstić information content (AvgIpc) is 2.95. The summed E-state index contributed by atoms with van der Waals surface area (Å²) in [5.41, 5.74) is 0. The largest absolute Gasteiger partial charge is 2.00 e. The molecule has 0 radical (unpaired) electrons. The fourth-order valence-corrected chi connectivity index (χ4v) is 5.32. The maximum Gasteiger partial charge on any atom is 2.00 e. The maximum atomic E-state index is 10.2. The number of unbranched alkanes of at least 4 members (excludes halogenated alkanes) is 20. The molecule has 6 nitrogen and oxygen atoms in total. The van der Waals surface area contributed by atoms with Gasteiger partial charge in [-0.05, 0) is 51.4 Å². The molecule has 0 spiro atoms. The van der Waals surface area contributed by atoms with E-state index in [1.807, 2.05) is 0 Å². The van der Waals surface area contributed by atoms with Crippen molar-refractivity contribution in [2.24, 2.45) is 0 Å². The normalized spacial score (nSPS) is 12.2. The van der Waals surface area contributed by atoms with Gasteiger partial charge in [-0.15, -0.1) is 0 Å². The molecule has 0 aromatic rings. The first-order valence-electron chi connectivity index (χ1n) is 18.1. The van der Waals surface area contributed by atoms with Gasteiger partial charge >= 0.3 is 27.3 Å². The van der Waals surface area contributed by atoms with Crippen LogP contribution in [0.3, 0.4) is 0 Å². The van der Waals surface area contributed by atoms with Crippen LogP contribution in [0.25, 0.3) is 0 Å². The molecule has 43 heavy (non-hydrogen) atoms. The van der Waals surface area contributed by atoms with Crippen molar-refractivity contribution in [1.29, 1.82) is 0 Å². The molecule has 0 saturated carbocycles. The number of aliphatic carboxylic acids is 2. The number of hydrogen-bond acceptors (Lipinski definition) is 6. The fraction of sp³-hybridized carbons (Fsp3) is 0.944. The Morgan fingerprint density at radius 1 is 0.419 bits per heavy atom. The van der Waals surface area contributed by atoms with Gasteiger partial charge in [0.25, 0.3) is 0 Å². The Kier molecular flexibility index (Phi) is 43.7. The maximum absolute atomic E-state index is 10.2. The number of carbonyl (C=O) groups is 2. The summed E-state index contributed by atoms with van der Waals surface area (Å²) in [5.74, 6) is -1.86. The van der Waals surface area contributed by atoms with Crippen LogP contribution in [-0.2, 0) is 36.9 Å². The molecule has 0 aliphatic rings. The second-order valence-corrected chi connectivity index (χ2v) is 12.5. The first-order valence-corrected chi connectivity index (χ1v) is 18.1. The van der Waals surface area contributed by atoms with E-state index in [4.69, 9.17) is 0 Å². The van der Waals surface area contributed by atoms with Crippen molar-refractivity contribution in [3.8, 4) is 0 Å². The Labute approximate surface area is 286 Å². The number of rotatable bonds is 32. The minimum atomic E-state index is -0.928. The van der Waals surface area contributed by atoms with Crippen LogP contribution in [0.5, 0.6) is 0 Å². The summed E-state index contributed by atoms with van der Waals surface area (Å²) in [5, 5.41) is 40.1. The van der Waals surface area contributed by atoms with Gasteiger partial charge in [0, 0.05) is 11.9 Å². The molecule has 0 heterocycles. The van der Waals surface area contributed by atoms with Gasteiger partial charge in [-0.1, -0.05) is 155 Å². The Bertz CT molecular complexity index is 512. The molecule has 0 aromatic carbocycles. The topological polar surface area (TPSA) is 121 Å². The Balaban J connectivity index is -0.000000727. The Hall–Kier alpha value is -0.218. The summed E-state index contributed by atoms with van der Waals surface area (Å²) in [4.78, 5) is 20.5. The molecule has 252 valence electrons. The summed E-state index contributed by atoms with van der Waals surface area (Å²) in [6.07, 6.45) is 31.8. The second-order valence-electron chi connectivity index (χ2n) is 12.5. The molecule has 0 aliphatic heterocycles. The molecule has 0 amide bonds. The average molecular weight is 711 g/mol. The van der Waals surface area contributed by atoms with Crippen molar-refractivity contribution in [2.75, 3.05) is 0 Å². The van der Waals surface area contributed by atoms with Gasteiger partial charge in [-0.25, -0.2) is 0 Å². The predicted molar refractivity (Wildman–Crippen MR) is 172 cm³/mol. The minimum Gasteiger partial charge on any atom is -0.550 e. The smallest absolute Gasteiger partial charge is 0.550 e. The SMILES string of the molecule is CCCCCCC(O)CCCCCCCCCCC(=O)[O-].CCCCCCC(O)CCCCCCCCCCC(=O)[O-].[Cd+2]. The third kappa shape index (κ3) is 46.3. The van der Waals surface area contributed by atoms with Crippen molar-refractivity contribution in [1.82, 2.24) is 0 Å². The van der Waals surface area contributed by atoms with Gasteiger partial charge < -0.3 is 30.0 Å². The van der Waals surface area contributed by atoms with E-state index in [1.165, 1.54) is 103 Å². The molecule has 2 unspecified atom stereocenters. The third-order valence-corrected chi connectivity index (χ3v) is 8.12. The standard InChI is InChI=1S/2C18H36O3.Cd/c2*1-2-3-4-11-14-17(19)15-12-9-7-5-6-8-10-13-16-18(20)21;/h2*17,19H,2-16H2,1H3,(H,20,21);/q;;+2/p-2. The zero-order valence-electron chi connectivity index (χ0n) is 28.6. The monoisotopic (exact) mass is 712 g/mol. The molecule has 2 N–H and O–H groups in total. The number of carboxylic acid groups (broad SMARTS) is 2. The van der Waals surface area contributed by atoms with Gasteiger partial charge in [-0.2, -0.15) is 0 Å². The molecule has 2 atom stereocenters. The van der Waals surface area contributed by atoms with Crippen molar-refractivity contribution < 1.29 is 57.3 Å². The minimum absolute atomic E-state index is 0. The van der Waals surface area contributed by atoms with Crippen LogP contribution >= 0.6 is 0 Å². The summed E-state index contributed by atoms with van der Waals surface area (Å²) in [6, 6.07) is 0. The van der Waals surface area contributed by atoms with Gasteiger partial charge in [0.1, 0.15) is 0 Å². The van der Waals surface area contributed by atoms with Crippen LogP contribution < -0.4 is 10.2 Å². The van der Waals surface area contributed by atoms with Crippen molar-refractivity contribution in [3.63, 3.8) is 0 Å². The van der Waals surface area contributed by atoms with Crippen molar-refractivity contribution >= 4 is 11.9 Å². The molecular formula is C36H70CdO6. The van der Waals surface area contributed by atoms with E-state index >= 15 is 0 Å². The van der Waals surface area contributed by atoms with Crippen LogP contribution in [0.2, 0.25) is 0 Å². The summed E-state index contributed by atoms with van der Waals surface area (Å²) in [7, 11) is 0. The van der Waals surface area contributed by atoms with Crippen LogP contribution in [-0.4, -0.2) is 34.4 Å². The predicted octanol–water partition coefficient (Wildman–Crippen LogP) is 7.93. The van der Waals surface area contributed by atoms with Crippen molar-refractivity contribution in [2.45, 2.75) is 219 Å². The fourth-order valence-electron chi connectivity index (χ4n) is 5.32. The number of hydrogen-bond donors (Lipinski definition) is 2. The van der Waals surface area contributed by atoms with E-state index < -0.39 is 11.9 Å². The van der Waals surface area contributed by atoms with Gasteiger partial charge in [0.2, 0.25) is 0 Å². The van der Waals surface area contributed by atoms with E-state index in [1.54, 1.807) is 0 Å². The van der Waals surface area contributed by atoms with E-state index in [9.17, 15) is 30.0 Å². The molecular weight excluding hydrogens is 641 g/mol. The third-order valence-electron chi connectivity index (χ3n) is 8.12. The molecule has 0 aliphatic carbocycles. The second kappa shape index (κ2) is 39.8. The molecule has 0 aromatic heterocycles. The number of aliphatic hydroxyl groups excluding tert-OH is 2. The Morgan fingerprint density at radius 3 is 0.860 bits per heavy atom. The first-order chi connectivity index (χ1) is 20.3. The first kappa shape index (κ1) is 47.2. The van der Waals surface area contributed by atoms with Gasteiger partial charge in [0.05, 0.1) is 12.2 Å². The van der Waals surface area contributed by atoms with Gasteiger partial charge in [0.15, 0.2) is 0 Å². The van der Waals surface area contributed by atoms with Crippen LogP contribution in [0, 0.1) is 0 Å². The molecule has 7 heteroatoms. The zero-order chi connectivity index (χ0) is 31.5. The van der Waals surface area contributed by atoms with E-state index in [0.717, 1.165) is 77.0 Å². The molecule has 0 rings (SSSR count). The molecule has 0 bridgehead atoms. The molecule has 0 saturated heterocycles. The van der Waals surface area contributed by atoms with E-state index in [-0.39, 0.29) is 52.3 Å².